The Morgan fingerprint density at radius 2 is 2.14 bits per heavy atom. The molecule has 0 radical (unpaired) electrons. The lowest BCUT2D eigenvalue weighted by Crippen LogP contribution is -2.56. The number of nitrogens with one attached hydrogen (secondary N) is 1. The number of hydrogen-bond donors (Lipinski definition) is 3. The van der Waals surface area contributed by atoms with Crippen LogP contribution in [-0.2, 0) is 9.53 Å². The van der Waals surface area contributed by atoms with Crippen LogP contribution in [0, 0.1) is 5.41 Å². The lowest BCUT2D eigenvalue weighted by atomic mass is 9.77. The molecule has 7 heteroatoms. The van der Waals surface area contributed by atoms with Crippen LogP contribution in [-0.4, -0.2) is 60.7 Å². The Morgan fingerprint density at radius 1 is 1.48 bits per heavy atom. The van der Waals surface area contributed by atoms with Gasteiger partial charge in [0.15, 0.2) is 5.84 Å². The van der Waals surface area contributed by atoms with Gasteiger partial charge in [-0.3, -0.25) is 4.79 Å². The molecule has 2 rings (SSSR count). The molecule has 0 bridgehead atoms. The molecule has 2 heterocycles. The highest BCUT2D eigenvalue weighted by molar-refractivity contribution is 6.06. The Labute approximate surface area is 125 Å². The fourth-order valence-electron chi connectivity index (χ4n) is 3.16. The maximum atomic E-state index is 12.7. The van der Waals surface area contributed by atoms with Gasteiger partial charge in [-0.05, 0) is 39.7 Å². The molecular formula is C14H26N4O3. The maximum Gasteiger partial charge on any atom is 0.234 e. The summed E-state index contributed by atoms with van der Waals surface area (Å²) >= 11 is 0. The van der Waals surface area contributed by atoms with Gasteiger partial charge in [-0.1, -0.05) is 5.16 Å². The molecule has 4 N–H and O–H groups in total. The van der Waals surface area contributed by atoms with Gasteiger partial charge in [0, 0.05) is 31.8 Å². The van der Waals surface area contributed by atoms with Crippen molar-refractivity contribution < 1.29 is 14.7 Å². The van der Waals surface area contributed by atoms with Gasteiger partial charge in [0.25, 0.3) is 0 Å². The zero-order chi connectivity index (χ0) is 15.5. The topological polar surface area (TPSA) is 100 Å². The quantitative estimate of drug-likeness (QED) is 0.297. The minimum Gasteiger partial charge on any atom is -0.409 e. The van der Waals surface area contributed by atoms with Crippen molar-refractivity contribution in [2.75, 3.05) is 26.8 Å². The highest BCUT2D eigenvalue weighted by Crippen LogP contribution is 2.32. The van der Waals surface area contributed by atoms with Crippen LogP contribution < -0.4 is 11.1 Å². The number of hydrogen-bond acceptors (Lipinski definition) is 5. The van der Waals surface area contributed by atoms with Crippen molar-refractivity contribution in [2.24, 2.45) is 16.3 Å². The van der Waals surface area contributed by atoms with Crippen molar-refractivity contribution in [2.45, 2.75) is 44.7 Å². The summed E-state index contributed by atoms with van der Waals surface area (Å²) in [4.78, 5) is 15.0. The number of nitrogens with two attached hydrogens (primary N) is 1. The number of oxime groups is 1. The van der Waals surface area contributed by atoms with Gasteiger partial charge in [0.05, 0.1) is 0 Å². The third-order valence-electron chi connectivity index (χ3n) is 4.92. The first-order valence-corrected chi connectivity index (χ1v) is 7.56. The molecule has 0 aliphatic carbocycles. The zero-order valence-electron chi connectivity index (χ0n) is 12.8. The number of rotatable bonds is 3. The second-order valence-electron chi connectivity index (χ2n) is 6.20. The number of carbonyl (C=O) groups excluding carboxylic acids is 1. The largest absolute Gasteiger partial charge is 0.409 e. The number of piperidine rings is 1. The second kappa shape index (κ2) is 6.62. The van der Waals surface area contributed by atoms with Crippen molar-refractivity contribution in [3.63, 3.8) is 0 Å². The predicted molar refractivity (Wildman–Crippen MR) is 79.2 cm³/mol. The normalized spacial score (nSPS) is 30.9. The zero-order valence-corrected chi connectivity index (χ0v) is 12.8. The molecule has 0 aromatic carbocycles. The van der Waals surface area contributed by atoms with Crippen molar-refractivity contribution in [1.82, 2.24) is 10.2 Å². The molecule has 2 aliphatic rings. The predicted octanol–water partition coefficient (Wildman–Crippen LogP) is 0.129. The Bertz CT molecular complexity index is 407. The third-order valence-corrected chi connectivity index (χ3v) is 4.92. The Balaban J connectivity index is 2.05. The molecule has 2 saturated heterocycles. The number of likely N-dealkylation sites (tertiary alicyclic amines) is 1. The van der Waals surface area contributed by atoms with Gasteiger partial charge in [-0.2, -0.15) is 0 Å². The van der Waals surface area contributed by atoms with Crippen LogP contribution in [0.25, 0.3) is 0 Å². The molecule has 7 nitrogen and oxygen atoms in total. The first-order chi connectivity index (χ1) is 9.99. The smallest absolute Gasteiger partial charge is 0.234 e. The summed E-state index contributed by atoms with van der Waals surface area (Å²) in [6, 6.07) is 0.591. The van der Waals surface area contributed by atoms with Gasteiger partial charge in [-0.25, -0.2) is 0 Å². The van der Waals surface area contributed by atoms with E-state index in [9.17, 15) is 4.79 Å². The first-order valence-electron chi connectivity index (χ1n) is 7.56. The third kappa shape index (κ3) is 3.29. The van der Waals surface area contributed by atoms with Crippen LogP contribution in [0.4, 0.5) is 0 Å². The minimum atomic E-state index is -0.931. The van der Waals surface area contributed by atoms with Crippen molar-refractivity contribution in [3.05, 3.63) is 0 Å². The number of amides is 1. The van der Waals surface area contributed by atoms with E-state index in [1.165, 1.54) is 0 Å². The molecule has 1 amide bonds. The molecule has 2 fully saturated rings. The molecule has 0 saturated carbocycles. The minimum absolute atomic E-state index is 0.00993. The summed E-state index contributed by atoms with van der Waals surface area (Å²) in [6.45, 7) is 4.03. The van der Waals surface area contributed by atoms with Crippen LogP contribution in [0.3, 0.4) is 0 Å². The first kappa shape index (κ1) is 16.0. The highest BCUT2D eigenvalue weighted by Gasteiger charge is 2.45. The van der Waals surface area contributed by atoms with Gasteiger partial charge in [-0.15, -0.1) is 0 Å². The van der Waals surface area contributed by atoms with Gasteiger partial charge < -0.3 is 25.9 Å². The van der Waals surface area contributed by atoms with E-state index >= 15 is 0 Å². The molecule has 120 valence electrons. The second-order valence-corrected chi connectivity index (χ2v) is 6.20. The molecule has 0 aromatic heterocycles. The molecule has 2 atom stereocenters. The van der Waals surface area contributed by atoms with Gasteiger partial charge in [0.1, 0.15) is 5.41 Å². The molecule has 21 heavy (non-hydrogen) atoms. The van der Waals surface area contributed by atoms with Gasteiger partial charge in [0.2, 0.25) is 5.91 Å². The summed E-state index contributed by atoms with van der Waals surface area (Å²) in [5.41, 5.74) is 4.88. The van der Waals surface area contributed by atoms with E-state index in [1.54, 1.807) is 0 Å². The van der Waals surface area contributed by atoms with E-state index in [2.05, 4.69) is 29.3 Å². The van der Waals surface area contributed by atoms with Crippen molar-refractivity contribution >= 4 is 11.7 Å². The van der Waals surface area contributed by atoms with E-state index in [4.69, 9.17) is 15.7 Å². The summed E-state index contributed by atoms with van der Waals surface area (Å²) < 4.78 is 5.31. The number of amidine groups is 1. The average molecular weight is 298 g/mol. The van der Waals surface area contributed by atoms with Crippen LogP contribution in [0.1, 0.15) is 32.6 Å². The van der Waals surface area contributed by atoms with E-state index in [0.717, 1.165) is 19.4 Å². The van der Waals surface area contributed by atoms with Crippen molar-refractivity contribution in [1.29, 1.82) is 0 Å². The lowest BCUT2D eigenvalue weighted by Gasteiger charge is -2.39. The van der Waals surface area contributed by atoms with E-state index in [1.807, 2.05) is 0 Å². The number of carbonyl (C=O) groups is 1. The molecule has 0 aromatic rings. The van der Waals surface area contributed by atoms with Crippen LogP contribution in [0.2, 0.25) is 0 Å². The fourth-order valence-corrected chi connectivity index (χ4v) is 3.16. The monoisotopic (exact) mass is 298 g/mol. The van der Waals surface area contributed by atoms with Crippen LogP contribution in [0.15, 0.2) is 5.16 Å². The van der Waals surface area contributed by atoms with Crippen molar-refractivity contribution in [3.8, 4) is 0 Å². The Hall–Kier alpha value is -1.34. The van der Waals surface area contributed by atoms with E-state index < -0.39 is 5.41 Å². The molecule has 2 unspecified atom stereocenters. The Morgan fingerprint density at radius 3 is 2.71 bits per heavy atom. The lowest BCUT2D eigenvalue weighted by molar-refractivity contribution is -0.132. The number of ether oxygens (including phenoxy) is 1. The van der Waals surface area contributed by atoms with E-state index in [-0.39, 0.29) is 17.8 Å². The van der Waals surface area contributed by atoms with Gasteiger partial charge >= 0.3 is 0 Å². The Kier molecular flexibility index (Phi) is 5.05. The fraction of sp³-hybridized carbons (Fsp3) is 0.857. The average Bonchev–Trinajstić information content (AvgIpc) is 2.50. The van der Waals surface area contributed by atoms with Crippen LogP contribution in [0.5, 0.6) is 0 Å². The standard InChI is InChI=1S/C14H26N4O3/c1-10-9-11(3-6-18(10)2)16-13(19)14(12(15)17-20)4-7-21-8-5-14/h10-11,20H,3-9H2,1-2H3,(H2,15,17)(H,16,19). The molecular weight excluding hydrogens is 272 g/mol. The summed E-state index contributed by atoms with van der Waals surface area (Å²) in [6.07, 6.45) is 2.76. The molecule has 0 spiro atoms. The number of nitrogens with zero attached hydrogens (tertiary/aromatic N) is 2. The van der Waals surface area contributed by atoms with E-state index in [0.29, 0.717) is 32.1 Å². The SMILES string of the molecule is CC1CC(NC(=O)C2(C(N)=NO)CCOCC2)CCN1C. The van der Waals surface area contributed by atoms with Crippen LogP contribution >= 0.6 is 0 Å². The summed E-state index contributed by atoms with van der Waals surface area (Å²) in [5, 5.41) is 15.2. The molecule has 2 aliphatic heterocycles. The summed E-state index contributed by atoms with van der Waals surface area (Å²) in [7, 11) is 2.10. The highest BCUT2D eigenvalue weighted by atomic mass is 16.5. The summed E-state index contributed by atoms with van der Waals surface area (Å²) in [5.74, 6) is -0.146. The maximum absolute atomic E-state index is 12.7.